The van der Waals surface area contributed by atoms with Crippen molar-refractivity contribution in [2.75, 3.05) is 6.54 Å². The van der Waals surface area contributed by atoms with Crippen LogP contribution in [0, 0.1) is 20.8 Å². The van der Waals surface area contributed by atoms with Crippen molar-refractivity contribution in [3.63, 3.8) is 0 Å². The lowest BCUT2D eigenvalue weighted by Crippen LogP contribution is -2.41. The second kappa shape index (κ2) is 11.1. The fourth-order valence-electron chi connectivity index (χ4n) is 4.44. The van der Waals surface area contributed by atoms with Crippen LogP contribution in [-0.4, -0.2) is 49.5 Å². The maximum atomic E-state index is 13.2. The molecule has 37 heavy (non-hydrogen) atoms. The zero-order chi connectivity index (χ0) is 27.5. The number of sulfonamides is 1. The van der Waals surface area contributed by atoms with Crippen LogP contribution in [0.15, 0.2) is 26.7 Å². The summed E-state index contributed by atoms with van der Waals surface area (Å²) in [5.74, 6) is -1.09. The summed E-state index contributed by atoms with van der Waals surface area (Å²) in [6.07, 6.45) is 1.09. The van der Waals surface area contributed by atoms with Gasteiger partial charge >= 0.3 is 5.97 Å². The number of carbonyl (C=O) groups excluding carboxylic acids is 1. The number of aliphatic imine (C=N–C) groups is 1. The van der Waals surface area contributed by atoms with Crippen molar-refractivity contribution < 1.29 is 27.9 Å². The van der Waals surface area contributed by atoms with E-state index in [2.05, 4.69) is 15.0 Å². The van der Waals surface area contributed by atoms with Gasteiger partial charge in [-0.1, -0.05) is 0 Å². The van der Waals surface area contributed by atoms with Crippen molar-refractivity contribution in [2.24, 2.45) is 10.7 Å². The molecule has 10 nitrogen and oxygen atoms in total. The minimum absolute atomic E-state index is 0.0851. The Balaban J connectivity index is 1.62. The molecule has 0 fully saturated rings. The van der Waals surface area contributed by atoms with Gasteiger partial charge in [-0.2, -0.15) is 11.3 Å². The number of ether oxygens (including phenoxy) is 1. The number of nitrogens with two attached hydrogens (primary N) is 1. The molecule has 1 amide bonds. The van der Waals surface area contributed by atoms with Gasteiger partial charge in [-0.15, -0.1) is 0 Å². The molecule has 0 aliphatic carbocycles. The van der Waals surface area contributed by atoms with E-state index in [1.807, 2.05) is 31.5 Å². The summed E-state index contributed by atoms with van der Waals surface area (Å²) in [4.78, 5) is 27.9. The lowest BCUT2D eigenvalue weighted by atomic mass is 9.94. The highest BCUT2D eigenvalue weighted by molar-refractivity contribution is 7.90. The van der Waals surface area contributed by atoms with Gasteiger partial charge in [0.1, 0.15) is 17.4 Å². The highest BCUT2D eigenvalue weighted by Gasteiger charge is 2.36. The lowest BCUT2D eigenvalue weighted by molar-refractivity contribution is -0.141. The fraction of sp³-hybridized carbons (Fsp3) is 0.480. The number of guanidine groups is 1. The molecule has 3 rings (SSSR count). The van der Waals surface area contributed by atoms with Gasteiger partial charge in [0.2, 0.25) is 11.9 Å². The number of fused-ring (bicyclic) bond motifs is 1. The quantitative estimate of drug-likeness (QED) is 0.201. The molecule has 2 heterocycles. The average Bonchev–Trinajstić information content (AvgIpc) is 3.40. The van der Waals surface area contributed by atoms with E-state index in [0.29, 0.717) is 17.5 Å². The summed E-state index contributed by atoms with van der Waals surface area (Å²) < 4.78 is 34.9. The van der Waals surface area contributed by atoms with Crippen LogP contribution in [0.5, 0.6) is 5.75 Å². The number of thiophene rings is 1. The first-order valence-corrected chi connectivity index (χ1v) is 14.3. The Bertz CT molecular complexity index is 1320. The van der Waals surface area contributed by atoms with Crippen molar-refractivity contribution in [1.82, 2.24) is 10.0 Å². The predicted octanol–water partition coefficient (Wildman–Crippen LogP) is 2.57. The van der Waals surface area contributed by atoms with E-state index in [9.17, 15) is 23.1 Å². The standard InChI is InChI=1S/C25H34N4O6S2/c1-14-15(2)22(16(3)18-12-25(4,5)35-21(14)18)37(33,34)29-24(26)27-9-6-7-19(23(31)32)28-20(30)11-17-8-10-36-13-17/h8,10,13,19H,6-7,9,11-12H2,1-5H3,(H,28,30)(H,31,32)(H3,26,27,29)/t19-/m0/s1. The van der Waals surface area contributed by atoms with Gasteiger partial charge in [0.25, 0.3) is 10.0 Å². The van der Waals surface area contributed by atoms with Crippen molar-refractivity contribution in [2.45, 2.75) is 76.8 Å². The molecule has 0 bridgehead atoms. The second-order valence-corrected chi connectivity index (χ2v) is 12.2. The molecule has 1 aromatic carbocycles. The minimum Gasteiger partial charge on any atom is -0.487 e. The van der Waals surface area contributed by atoms with Gasteiger partial charge in [-0.3, -0.25) is 9.79 Å². The van der Waals surface area contributed by atoms with E-state index in [-0.39, 0.29) is 42.6 Å². The Morgan fingerprint density at radius 1 is 1.24 bits per heavy atom. The molecular formula is C25H34N4O6S2. The molecule has 0 saturated carbocycles. The van der Waals surface area contributed by atoms with Crippen LogP contribution in [0.25, 0.3) is 0 Å². The molecule has 0 saturated heterocycles. The fourth-order valence-corrected chi connectivity index (χ4v) is 6.64. The number of carbonyl (C=O) groups is 2. The Labute approximate surface area is 221 Å². The third-order valence-corrected chi connectivity index (χ3v) is 8.67. The second-order valence-electron chi connectivity index (χ2n) is 9.83. The van der Waals surface area contributed by atoms with Crippen LogP contribution in [-0.2, 0) is 32.5 Å². The highest BCUT2D eigenvalue weighted by atomic mass is 32.2. The smallest absolute Gasteiger partial charge is 0.326 e. The van der Waals surface area contributed by atoms with Crippen LogP contribution in [0.4, 0.5) is 0 Å². The van der Waals surface area contributed by atoms with E-state index in [0.717, 1.165) is 22.4 Å². The first-order valence-electron chi connectivity index (χ1n) is 11.9. The summed E-state index contributed by atoms with van der Waals surface area (Å²) in [6.45, 7) is 9.34. The van der Waals surface area contributed by atoms with Crippen molar-refractivity contribution in [1.29, 1.82) is 0 Å². The third kappa shape index (κ3) is 6.80. The average molecular weight is 551 g/mol. The number of amides is 1. The van der Waals surface area contributed by atoms with E-state index in [1.165, 1.54) is 11.3 Å². The van der Waals surface area contributed by atoms with Gasteiger partial charge in [0.05, 0.1) is 11.3 Å². The Morgan fingerprint density at radius 3 is 2.57 bits per heavy atom. The molecule has 1 aromatic heterocycles. The molecule has 0 unspecified atom stereocenters. The Kier molecular flexibility index (Phi) is 8.53. The lowest BCUT2D eigenvalue weighted by Gasteiger charge is -2.19. The number of carboxylic acids is 1. The molecule has 0 radical (unpaired) electrons. The summed E-state index contributed by atoms with van der Waals surface area (Å²) in [5, 5.41) is 15.6. The molecular weight excluding hydrogens is 516 g/mol. The number of nitrogens with one attached hydrogen (secondary N) is 2. The monoisotopic (exact) mass is 550 g/mol. The molecule has 202 valence electrons. The van der Waals surface area contributed by atoms with Crippen LogP contribution in [0.1, 0.15) is 54.5 Å². The van der Waals surface area contributed by atoms with E-state index < -0.39 is 27.6 Å². The third-order valence-electron chi connectivity index (χ3n) is 6.31. The van der Waals surface area contributed by atoms with Gasteiger partial charge in [-0.05, 0) is 86.5 Å². The van der Waals surface area contributed by atoms with Crippen LogP contribution in [0.2, 0.25) is 0 Å². The summed E-state index contributed by atoms with van der Waals surface area (Å²) in [6, 6.07) is 0.727. The first-order chi connectivity index (χ1) is 17.2. The number of aliphatic carboxylic acids is 1. The molecule has 1 atom stereocenters. The largest absolute Gasteiger partial charge is 0.487 e. The molecule has 0 spiro atoms. The number of nitrogens with zero attached hydrogens (tertiary/aromatic N) is 1. The molecule has 12 heteroatoms. The molecule has 1 aliphatic heterocycles. The Hall–Kier alpha value is -3.12. The van der Waals surface area contributed by atoms with Gasteiger partial charge in [0, 0.05) is 18.5 Å². The number of hydrogen-bond acceptors (Lipinski definition) is 7. The van der Waals surface area contributed by atoms with Crippen LogP contribution in [0.3, 0.4) is 0 Å². The van der Waals surface area contributed by atoms with Crippen molar-refractivity contribution >= 4 is 39.2 Å². The normalized spacial score (nSPS) is 15.5. The van der Waals surface area contributed by atoms with Gasteiger partial charge in [-0.25, -0.2) is 17.9 Å². The minimum atomic E-state index is -4.02. The maximum absolute atomic E-state index is 13.2. The maximum Gasteiger partial charge on any atom is 0.326 e. The Morgan fingerprint density at radius 2 is 1.95 bits per heavy atom. The molecule has 5 N–H and O–H groups in total. The molecule has 1 aliphatic rings. The summed E-state index contributed by atoms with van der Waals surface area (Å²) in [5.41, 5.74) is 9.10. The number of carboxylic acid groups (broad SMARTS) is 1. The summed E-state index contributed by atoms with van der Waals surface area (Å²) >= 11 is 1.46. The van der Waals surface area contributed by atoms with E-state index in [1.54, 1.807) is 19.9 Å². The van der Waals surface area contributed by atoms with Crippen molar-refractivity contribution in [3.8, 4) is 5.75 Å². The highest BCUT2D eigenvalue weighted by Crippen LogP contribution is 2.43. The zero-order valence-corrected chi connectivity index (χ0v) is 23.3. The van der Waals surface area contributed by atoms with E-state index >= 15 is 0 Å². The number of benzene rings is 1. The van der Waals surface area contributed by atoms with Gasteiger partial charge in [0.15, 0.2) is 0 Å². The topological polar surface area (TPSA) is 160 Å². The predicted molar refractivity (Wildman–Crippen MR) is 143 cm³/mol. The van der Waals surface area contributed by atoms with E-state index in [4.69, 9.17) is 10.5 Å². The molecule has 2 aromatic rings. The van der Waals surface area contributed by atoms with Crippen LogP contribution < -0.4 is 20.5 Å². The van der Waals surface area contributed by atoms with Crippen molar-refractivity contribution in [3.05, 3.63) is 44.6 Å². The first kappa shape index (κ1) is 28.5. The van der Waals surface area contributed by atoms with Gasteiger partial charge < -0.3 is 20.9 Å². The zero-order valence-electron chi connectivity index (χ0n) is 21.7. The number of rotatable bonds is 10. The number of hydrogen-bond donors (Lipinski definition) is 4. The summed E-state index contributed by atoms with van der Waals surface area (Å²) in [7, 11) is -4.02. The van der Waals surface area contributed by atoms with Crippen LogP contribution >= 0.6 is 11.3 Å². The SMILES string of the molecule is Cc1c(C)c(S(=O)(=O)NC(N)=NCCC[C@H](NC(=O)Cc2ccsc2)C(=O)O)c(C)c2c1OC(C)(C)C2.